The zero-order valence-electron chi connectivity index (χ0n) is 16.6. The first-order valence-corrected chi connectivity index (χ1v) is 13.3. The van der Waals surface area contributed by atoms with Crippen molar-refractivity contribution >= 4 is 52.6 Å². The number of aromatic nitrogens is 2. The van der Waals surface area contributed by atoms with Gasteiger partial charge in [0.1, 0.15) is 5.82 Å². The van der Waals surface area contributed by atoms with Gasteiger partial charge in [0.2, 0.25) is 5.28 Å². The lowest BCUT2D eigenvalue weighted by molar-refractivity contribution is 0.0655. The second kappa shape index (κ2) is 7.95. The van der Waals surface area contributed by atoms with Crippen LogP contribution in [0.1, 0.15) is 20.8 Å². The van der Waals surface area contributed by atoms with E-state index in [1.807, 2.05) is 18.2 Å². The van der Waals surface area contributed by atoms with Crippen LogP contribution >= 0.6 is 27.5 Å². The molecule has 27 heavy (non-hydrogen) atoms. The number of nitrogens with zero attached hydrogens (tertiary/aromatic N) is 3. The van der Waals surface area contributed by atoms with Gasteiger partial charge in [0.15, 0.2) is 8.32 Å². The van der Waals surface area contributed by atoms with Crippen LogP contribution in [0.3, 0.4) is 0 Å². The molecule has 0 unspecified atom stereocenters. The molecule has 0 amide bonds. The number of hydrogen-bond donors (Lipinski definition) is 0. The Labute approximate surface area is 175 Å². The van der Waals surface area contributed by atoms with Crippen molar-refractivity contribution in [1.82, 2.24) is 9.97 Å². The Bertz CT molecular complexity index is 823. The summed E-state index contributed by atoms with van der Waals surface area (Å²) in [5.41, 5.74) is 0.825. The molecule has 1 aromatic carbocycles. The van der Waals surface area contributed by atoms with E-state index in [0.29, 0.717) is 13.2 Å². The van der Waals surface area contributed by atoms with Crippen LogP contribution in [0.4, 0.5) is 5.82 Å². The van der Waals surface area contributed by atoms with Crippen LogP contribution in [0.5, 0.6) is 0 Å². The molecule has 0 aliphatic carbocycles. The maximum atomic E-state index is 6.62. The van der Waals surface area contributed by atoms with Gasteiger partial charge in [0, 0.05) is 22.9 Å². The smallest absolute Gasteiger partial charge is 0.224 e. The van der Waals surface area contributed by atoms with Crippen molar-refractivity contribution in [3.63, 3.8) is 0 Å². The Morgan fingerprint density at radius 2 is 2.04 bits per heavy atom. The van der Waals surface area contributed by atoms with Crippen LogP contribution in [-0.2, 0) is 9.16 Å². The van der Waals surface area contributed by atoms with E-state index >= 15 is 0 Å². The molecular formula is C19H27BrClN3O2Si. The molecule has 1 aliphatic heterocycles. The Morgan fingerprint density at radius 1 is 1.30 bits per heavy atom. The average Bonchev–Trinajstić information content (AvgIpc) is 2.77. The van der Waals surface area contributed by atoms with Crippen molar-refractivity contribution in [3.8, 4) is 0 Å². The van der Waals surface area contributed by atoms with E-state index in [9.17, 15) is 0 Å². The minimum atomic E-state index is -1.89. The summed E-state index contributed by atoms with van der Waals surface area (Å²) in [6.45, 7) is 14.0. The van der Waals surface area contributed by atoms with Crippen molar-refractivity contribution < 1.29 is 9.16 Å². The van der Waals surface area contributed by atoms with Crippen LogP contribution < -0.4 is 4.90 Å². The van der Waals surface area contributed by atoms with E-state index in [0.717, 1.165) is 34.3 Å². The maximum absolute atomic E-state index is 6.62. The summed E-state index contributed by atoms with van der Waals surface area (Å²) in [4.78, 5) is 11.1. The molecule has 1 atom stereocenters. The predicted molar refractivity (Wildman–Crippen MR) is 117 cm³/mol. The molecule has 0 spiro atoms. The number of rotatable bonds is 3. The summed E-state index contributed by atoms with van der Waals surface area (Å²) >= 11 is 9.72. The van der Waals surface area contributed by atoms with Gasteiger partial charge in [-0.1, -0.05) is 36.7 Å². The molecule has 0 radical (unpaired) electrons. The van der Waals surface area contributed by atoms with Gasteiger partial charge in [-0.05, 0) is 47.9 Å². The predicted octanol–water partition coefficient (Wildman–Crippen LogP) is 5.27. The maximum Gasteiger partial charge on any atom is 0.224 e. The van der Waals surface area contributed by atoms with Crippen molar-refractivity contribution in [1.29, 1.82) is 0 Å². The Balaban J connectivity index is 1.91. The topological polar surface area (TPSA) is 47.5 Å². The fraction of sp³-hybridized carbons (Fsp3) is 0.579. The summed E-state index contributed by atoms with van der Waals surface area (Å²) in [6.07, 6.45) is 0.00707. The first kappa shape index (κ1) is 21.0. The fourth-order valence-electron chi connectivity index (χ4n) is 2.94. The largest absolute Gasteiger partial charge is 0.410 e. The van der Waals surface area contributed by atoms with E-state index in [1.54, 1.807) is 0 Å². The highest BCUT2D eigenvalue weighted by Crippen LogP contribution is 2.38. The summed E-state index contributed by atoms with van der Waals surface area (Å²) < 4.78 is 13.4. The molecule has 0 saturated carbocycles. The minimum absolute atomic E-state index is 0.00707. The minimum Gasteiger partial charge on any atom is -0.410 e. The molecule has 0 N–H and O–H groups in total. The summed E-state index contributed by atoms with van der Waals surface area (Å²) in [6, 6.07) is 5.99. The molecule has 1 aromatic heterocycles. The van der Waals surface area contributed by atoms with Crippen LogP contribution in [0.2, 0.25) is 23.4 Å². The Kier molecular flexibility index (Phi) is 6.18. The number of hydrogen-bond acceptors (Lipinski definition) is 5. The normalized spacial score (nSPS) is 19.4. The molecule has 2 heterocycles. The van der Waals surface area contributed by atoms with Gasteiger partial charge < -0.3 is 14.1 Å². The monoisotopic (exact) mass is 471 g/mol. The van der Waals surface area contributed by atoms with Gasteiger partial charge in [-0.25, -0.2) is 4.98 Å². The van der Waals surface area contributed by atoms with E-state index < -0.39 is 8.32 Å². The Hall–Kier alpha value is -0.733. The zero-order valence-corrected chi connectivity index (χ0v) is 19.9. The number of ether oxygens (including phenoxy) is 1. The van der Waals surface area contributed by atoms with Gasteiger partial charge in [-0.3, -0.25) is 0 Å². The number of fused-ring (bicyclic) bond motifs is 1. The van der Waals surface area contributed by atoms with E-state index in [4.69, 9.17) is 20.8 Å². The third kappa shape index (κ3) is 4.82. The lowest BCUT2D eigenvalue weighted by Gasteiger charge is -2.39. The van der Waals surface area contributed by atoms with Gasteiger partial charge in [0.05, 0.1) is 24.8 Å². The average molecular weight is 473 g/mol. The van der Waals surface area contributed by atoms with Gasteiger partial charge in [0.25, 0.3) is 0 Å². The van der Waals surface area contributed by atoms with Gasteiger partial charge in [-0.15, -0.1) is 0 Å². The highest BCUT2D eigenvalue weighted by molar-refractivity contribution is 9.10. The third-order valence-corrected chi connectivity index (χ3v) is 10.6. The number of anilines is 1. The first-order valence-electron chi connectivity index (χ1n) is 9.20. The molecule has 1 fully saturated rings. The van der Waals surface area contributed by atoms with Crippen molar-refractivity contribution in [2.45, 2.75) is 45.0 Å². The fourth-order valence-corrected chi connectivity index (χ4v) is 4.79. The van der Waals surface area contributed by atoms with Crippen molar-refractivity contribution in [2.75, 3.05) is 31.2 Å². The van der Waals surface area contributed by atoms with Crippen LogP contribution in [0.15, 0.2) is 22.7 Å². The van der Waals surface area contributed by atoms with Crippen molar-refractivity contribution in [3.05, 3.63) is 28.0 Å². The highest BCUT2D eigenvalue weighted by atomic mass is 79.9. The molecule has 1 saturated heterocycles. The second-order valence-electron chi connectivity index (χ2n) is 8.50. The standard InChI is InChI=1S/C19H27BrClN3O2Si/c1-19(2,3)27(4,5)26-14-11-24(8-9-25-12-14)17-15-7-6-13(20)10-16(15)22-18(21)23-17/h6-7,10,14H,8-9,11-12H2,1-5H3/t14-/m0/s1. The third-order valence-electron chi connectivity index (χ3n) is 5.41. The van der Waals surface area contributed by atoms with E-state index in [-0.39, 0.29) is 16.4 Å². The van der Waals surface area contributed by atoms with E-state index in [1.165, 1.54) is 0 Å². The summed E-state index contributed by atoms with van der Waals surface area (Å²) in [5.74, 6) is 0.840. The molecule has 1 aliphatic rings. The summed E-state index contributed by atoms with van der Waals surface area (Å²) in [7, 11) is -1.89. The molecule has 148 valence electrons. The van der Waals surface area contributed by atoms with Gasteiger partial charge in [-0.2, -0.15) is 4.98 Å². The molecule has 5 nitrogen and oxygen atoms in total. The first-order chi connectivity index (χ1) is 12.6. The lowest BCUT2D eigenvalue weighted by Crippen LogP contribution is -2.47. The number of halogens is 2. The Morgan fingerprint density at radius 3 is 2.74 bits per heavy atom. The molecular weight excluding hydrogens is 446 g/mol. The highest BCUT2D eigenvalue weighted by Gasteiger charge is 2.40. The molecule has 8 heteroatoms. The van der Waals surface area contributed by atoms with Crippen LogP contribution in [0, 0.1) is 0 Å². The molecule has 3 rings (SSSR count). The molecule has 0 bridgehead atoms. The SMILES string of the molecule is CC(C)(C)[Si](C)(C)O[C@@H]1COCCN(c2nc(Cl)nc3cc(Br)ccc23)C1. The van der Waals surface area contributed by atoms with Crippen LogP contribution in [-0.4, -0.2) is 50.7 Å². The number of benzene rings is 1. The lowest BCUT2D eigenvalue weighted by atomic mass is 10.2. The second-order valence-corrected chi connectivity index (χ2v) is 14.5. The van der Waals surface area contributed by atoms with Crippen molar-refractivity contribution in [2.24, 2.45) is 0 Å². The zero-order chi connectivity index (χ0) is 19.8. The van der Waals surface area contributed by atoms with Gasteiger partial charge >= 0.3 is 0 Å². The van der Waals surface area contributed by atoms with Crippen LogP contribution in [0.25, 0.3) is 10.9 Å². The summed E-state index contributed by atoms with van der Waals surface area (Å²) in [5, 5.41) is 1.39. The van der Waals surface area contributed by atoms with E-state index in [2.05, 4.69) is 64.7 Å². The molecule has 2 aromatic rings. The quantitative estimate of drug-likeness (QED) is 0.450.